The van der Waals surface area contributed by atoms with Crippen molar-refractivity contribution in [2.24, 2.45) is 5.41 Å². The molecule has 0 saturated carbocycles. The van der Waals surface area contributed by atoms with E-state index in [2.05, 4.69) is 47.8 Å². The van der Waals surface area contributed by atoms with Gasteiger partial charge < -0.3 is 10.3 Å². The summed E-state index contributed by atoms with van der Waals surface area (Å²) in [5.41, 5.74) is 8.13. The van der Waals surface area contributed by atoms with Crippen LogP contribution in [0.5, 0.6) is 0 Å². The third kappa shape index (κ3) is 4.50. The second-order valence-corrected chi connectivity index (χ2v) is 6.72. The zero-order valence-corrected chi connectivity index (χ0v) is 12.1. The third-order valence-electron chi connectivity index (χ3n) is 3.50. The van der Waals surface area contributed by atoms with Gasteiger partial charge in [0, 0.05) is 25.0 Å². The molecule has 4 nitrogen and oxygen atoms in total. The minimum absolute atomic E-state index is 0.337. The van der Waals surface area contributed by atoms with Gasteiger partial charge in [-0.2, -0.15) is 0 Å². The Labute approximate surface area is 111 Å². The van der Waals surface area contributed by atoms with E-state index in [4.69, 9.17) is 0 Å². The molecular formula is C14H28N4. The van der Waals surface area contributed by atoms with Gasteiger partial charge in [0.1, 0.15) is 0 Å². The zero-order valence-electron chi connectivity index (χ0n) is 12.1. The average molecular weight is 252 g/mol. The minimum atomic E-state index is 0.337. The van der Waals surface area contributed by atoms with Crippen LogP contribution in [0.25, 0.3) is 0 Å². The second kappa shape index (κ2) is 5.93. The fourth-order valence-electron chi connectivity index (χ4n) is 2.61. The van der Waals surface area contributed by atoms with E-state index in [0.29, 0.717) is 5.41 Å². The summed E-state index contributed by atoms with van der Waals surface area (Å²) in [6, 6.07) is 0. The highest BCUT2D eigenvalue weighted by Gasteiger charge is 2.18. The van der Waals surface area contributed by atoms with Crippen molar-refractivity contribution in [2.45, 2.75) is 46.5 Å². The van der Waals surface area contributed by atoms with Gasteiger partial charge in [-0.25, -0.2) is 0 Å². The van der Waals surface area contributed by atoms with E-state index in [1.54, 1.807) is 0 Å². The molecule has 1 saturated heterocycles. The molecule has 4 heteroatoms. The topological polar surface area (TPSA) is 30.5 Å². The predicted molar refractivity (Wildman–Crippen MR) is 75.4 cm³/mol. The Kier molecular flexibility index (Phi) is 4.51. The van der Waals surface area contributed by atoms with E-state index in [1.165, 1.54) is 38.0 Å². The van der Waals surface area contributed by atoms with Gasteiger partial charge in [-0.1, -0.05) is 27.2 Å². The van der Waals surface area contributed by atoms with Gasteiger partial charge in [0.25, 0.3) is 0 Å². The number of hydrogen-bond acceptors (Lipinski definition) is 4. The normalized spacial score (nSPS) is 21.9. The molecule has 2 rings (SSSR count). The summed E-state index contributed by atoms with van der Waals surface area (Å²) in [4.78, 5) is 2.57. The largest absolute Gasteiger partial charge is 0.306 e. The Hall–Kier alpha value is -0.740. The zero-order chi connectivity index (χ0) is 13.0. The van der Waals surface area contributed by atoms with Gasteiger partial charge in [-0.05, 0) is 37.8 Å². The van der Waals surface area contributed by atoms with E-state index >= 15 is 0 Å². The van der Waals surface area contributed by atoms with Gasteiger partial charge in [0.15, 0.2) is 0 Å². The van der Waals surface area contributed by atoms with Crippen LogP contribution in [0.3, 0.4) is 0 Å². The van der Waals surface area contributed by atoms with Crippen molar-refractivity contribution in [2.75, 3.05) is 26.2 Å². The highest BCUT2D eigenvalue weighted by atomic mass is 15.7. The summed E-state index contributed by atoms with van der Waals surface area (Å²) in [7, 11) is 0. The molecule has 2 aliphatic rings. The third-order valence-corrected chi connectivity index (χ3v) is 3.50. The van der Waals surface area contributed by atoms with Gasteiger partial charge in [0.05, 0.1) is 0 Å². The van der Waals surface area contributed by atoms with E-state index < -0.39 is 0 Å². The SMILES string of the molecule is CC(C)(C)CC1=CN(CCN2CCCCC2)NN1. The van der Waals surface area contributed by atoms with Gasteiger partial charge in [0.2, 0.25) is 0 Å². The molecule has 2 heterocycles. The van der Waals surface area contributed by atoms with E-state index in [-0.39, 0.29) is 0 Å². The standard InChI is InChI=1S/C14H28N4/c1-14(2,3)11-13-12-18(16-15-13)10-9-17-7-5-4-6-8-17/h12,15-16H,4-11H2,1-3H3. The molecule has 0 aliphatic carbocycles. The summed E-state index contributed by atoms with van der Waals surface area (Å²) in [5, 5.41) is 2.18. The Balaban J connectivity index is 1.71. The van der Waals surface area contributed by atoms with Crippen molar-refractivity contribution in [3.05, 3.63) is 11.9 Å². The molecule has 1 fully saturated rings. The van der Waals surface area contributed by atoms with Crippen LogP contribution < -0.4 is 11.0 Å². The molecule has 0 amide bonds. The van der Waals surface area contributed by atoms with Gasteiger partial charge in [-0.15, -0.1) is 5.53 Å². The molecule has 0 radical (unpaired) electrons. The molecule has 0 bridgehead atoms. The van der Waals surface area contributed by atoms with Crippen molar-refractivity contribution in [1.82, 2.24) is 20.9 Å². The van der Waals surface area contributed by atoms with Gasteiger partial charge in [-0.3, -0.25) is 5.01 Å². The molecule has 0 aromatic rings. The number of piperidine rings is 1. The number of hydrazine groups is 2. The molecular weight excluding hydrogens is 224 g/mol. The van der Waals surface area contributed by atoms with Crippen LogP contribution in [0.4, 0.5) is 0 Å². The lowest BCUT2D eigenvalue weighted by Gasteiger charge is -2.28. The second-order valence-electron chi connectivity index (χ2n) is 6.72. The highest BCUT2D eigenvalue weighted by Crippen LogP contribution is 2.23. The van der Waals surface area contributed by atoms with Crippen LogP contribution in [0.15, 0.2) is 11.9 Å². The first-order valence-corrected chi connectivity index (χ1v) is 7.24. The quantitative estimate of drug-likeness (QED) is 0.802. The van der Waals surface area contributed by atoms with E-state index in [1.807, 2.05) is 0 Å². The van der Waals surface area contributed by atoms with Crippen molar-refractivity contribution in [1.29, 1.82) is 0 Å². The summed E-state index contributed by atoms with van der Waals surface area (Å²) in [5.74, 6) is 0. The first kappa shape index (κ1) is 13.7. The molecule has 0 atom stereocenters. The van der Waals surface area contributed by atoms with Crippen LogP contribution in [0, 0.1) is 5.41 Å². The van der Waals surface area contributed by atoms with Crippen LogP contribution in [0.1, 0.15) is 46.5 Å². The number of rotatable bonds is 4. The first-order valence-electron chi connectivity index (χ1n) is 7.24. The van der Waals surface area contributed by atoms with Crippen LogP contribution in [-0.4, -0.2) is 36.1 Å². The average Bonchev–Trinajstić information content (AvgIpc) is 2.73. The molecule has 0 aromatic heterocycles. The molecule has 2 N–H and O–H groups in total. The minimum Gasteiger partial charge on any atom is -0.306 e. The molecule has 104 valence electrons. The summed E-state index contributed by atoms with van der Waals surface area (Å²) in [6.07, 6.45) is 7.46. The van der Waals surface area contributed by atoms with Gasteiger partial charge >= 0.3 is 0 Å². The number of likely N-dealkylation sites (tertiary alicyclic amines) is 1. The Morgan fingerprint density at radius 2 is 1.83 bits per heavy atom. The first-order chi connectivity index (χ1) is 8.53. The summed E-state index contributed by atoms with van der Waals surface area (Å²) < 4.78 is 0. The fraction of sp³-hybridized carbons (Fsp3) is 0.857. The summed E-state index contributed by atoms with van der Waals surface area (Å²) >= 11 is 0. The Morgan fingerprint density at radius 1 is 1.11 bits per heavy atom. The van der Waals surface area contributed by atoms with E-state index in [0.717, 1.165) is 19.5 Å². The number of allylic oxidation sites excluding steroid dienone is 1. The van der Waals surface area contributed by atoms with Crippen LogP contribution in [-0.2, 0) is 0 Å². The van der Waals surface area contributed by atoms with Crippen molar-refractivity contribution < 1.29 is 0 Å². The van der Waals surface area contributed by atoms with E-state index in [9.17, 15) is 0 Å². The maximum Gasteiger partial charge on any atom is 0.0483 e. The smallest absolute Gasteiger partial charge is 0.0483 e. The lowest BCUT2D eigenvalue weighted by atomic mass is 9.91. The van der Waals surface area contributed by atoms with Crippen LogP contribution >= 0.6 is 0 Å². The predicted octanol–water partition coefficient (Wildman–Crippen LogP) is 2.07. The lowest BCUT2D eigenvalue weighted by molar-refractivity contribution is 0.181. The summed E-state index contributed by atoms with van der Waals surface area (Å²) in [6.45, 7) is 11.6. The monoisotopic (exact) mass is 252 g/mol. The number of nitrogens with one attached hydrogen (secondary N) is 2. The maximum atomic E-state index is 3.27. The number of nitrogens with zero attached hydrogens (tertiary/aromatic N) is 2. The lowest BCUT2D eigenvalue weighted by Crippen LogP contribution is -2.42. The molecule has 18 heavy (non-hydrogen) atoms. The Bertz CT molecular complexity index is 287. The van der Waals surface area contributed by atoms with Crippen molar-refractivity contribution in [3.8, 4) is 0 Å². The molecule has 0 aromatic carbocycles. The Morgan fingerprint density at radius 3 is 2.50 bits per heavy atom. The van der Waals surface area contributed by atoms with Crippen LogP contribution in [0.2, 0.25) is 0 Å². The highest BCUT2D eigenvalue weighted by molar-refractivity contribution is 5.04. The molecule has 0 spiro atoms. The van der Waals surface area contributed by atoms with Crippen molar-refractivity contribution >= 4 is 0 Å². The fourth-order valence-corrected chi connectivity index (χ4v) is 2.61. The van der Waals surface area contributed by atoms with Crippen molar-refractivity contribution in [3.63, 3.8) is 0 Å². The number of hydrogen-bond donors (Lipinski definition) is 2. The maximum absolute atomic E-state index is 3.27. The molecule has 2 aliphatic heterocycles. The molecule has 0 unspecified atom stereocenters.